The number of rotatable bonds is 7. The number of hydrogen-bond donors (Lipinski definition) is 1. The van der Waals surface area contributed by atoms with Gasteiger partial charge in [0, 0.05) is 17.3 Å². The molecule has 2 heterocycles. The van der Waals surface area contributed by atoms with Crippen molar-refractivity contribution in [1.29, 1.82) is 0 Å². The van der Waals surface area contributed by atoms with Crippen LogP contribution in [-0.4, -0.2) is 41.1 Å². The van der Waals surface area contributed by atoms with Crippen LogP contribution < -0.4 is 5.32 Å². The van der Waals surface area contributed by atoms with Crippen molar-refractivity contribution in [1.82, 2.24) is 4.90 Å². The van der Waals surface area contributed by atoms with Crippen LogP contribution in [0.4, 0.5) is 10.5 Å². The monoisotopic (exact) mass is 476 g/mol. The van der Waals surface area contributed by atoms with Gasteiger partial charge in [0.25, 0.3) is 11.1 Å². The quantitative estimate of drug-likeness (QED) is 0.386. The molecular formula is C25H20N2O6S. The average Bonchev–Trinajstić information content (AvgIpc) is 3.40. The standard InChI is InChI=1S/C25H20N2O6S/c1-2-32-24(30)17-10-8-16(9-11-17)20-13-12-19(33-20)14-21-23(29)27(25(31)34-21)15-22(28)26-18-6-4-3-5-7-18/h3-14H,2,15H2,1H3,(H,26,28). The van der Waals surface area contributed by atoms with E-state index in [9.17, 15) is 19.2 Å². The number of imide groups is 1. The minimum absolute atomic E-state index is 0.163. The Morgan fingerprint density at radius 1 is 1.03 bits per heavy atom. The van der Waals surface area contributed by atoms with Gasteiger partial charge in [-0.2, -0.15) is 0 Å². The molecule has 0 radical (unpaired) electrons. The molecule has 9 heteroatoms. The fraction of sp³-hybridized carbons (Fsp3) is 0.120. The minimum Gasteiger partial charge on any atom is -0.462 e. The topological polar surface area (TPSA) is 106 Å². The first kappa shape index (κ1) is 23.1. The molecule has 0 bridgehead atoms. The molecule has 1 aliphatic rings. The summed E-state index contributed by atoms with van der Waals surface area (Å²) >= 11 is 0.747. The number of furan rings is 1. The molecule has 2 aromatic carbocycles. The van der Waals surface area contributed by atoms with Gasteiger partial charge < -0.3 is 14.5 Å². The summed E-state index contributed by atoms with van der Waals surface area (Å²) in [4.78, 5) is 50.1. The molecule has 3 amide bonds. The molecule has 8 nitrogen and oxygen atoms in total. The second-order valence-corrected chi connectivity index (χ2v) is 8.18. The Morgan fingerprint density at radius 2 is 1.76 bits per heavy atom. The van der Waals surface area contributed by atoms with E-state index >= 15 is 0 Å². The van der Waals surface area contributed by atoms with Gasteiger partial charge in [0.1, 0.15) is 18.1 Å². The van der Waals surface area contributed by atoms with E-state index in [1.165, 1.54) is 6.08 Å². The number of amides is 3. The summed E-state index contributed by atoms with van der Waals surface area (Å²) in [6.45, 7) is 1.66. The Bertz CT molecular complexity index is 1260. The number of ether oxygens (including phenoxy) is 1. The van der Waals surface area contributed by atoms with Gasteiger partial charge in [-0.3, -0.25) is 19.3 Å². The second kappa shape index (κ2) is 10.2. The van der Waals surface area contributed by atoms with Crippen LogP contribution in [0.5, 0.6) is 0 Å². The summed E-state index contributed by atoms with van der Waals surface area (Å²) < 4.78 is 10.8. The predicted octanol–water partition coefficient (Wildman–Crippen LogP) is 4.80. The number of esters is 1. The summed E-state index contributed by atoms with van der Waals surface area (Å²) in [5, 5.41) is 2.13. The first-order chi connectivity index (χ1) is 16.4. The first-order valence-corrected chi connectivity index (χ1v) is 11.2. The smallest absolute Gasteiger partial charge is 0.338 e. The summed E-state index contributed by atoms with van der Waals surface area (Å²) in [5.74, 6) is -0.523. The van der Waals surface area contributed by atoms with Gasteiger partial charge in [0.2, 0.25) is 5.91 Å². The molecule has 0 aliphatic carbocycles. The van der Waals surface area contributed by atoms with Gasteiger partial charge in [0.05, 0.1) is 17.1 Å². The van der Waals surface area contributed by atoms with Crippen molar-refractivity contribution in [3.63, 3.8) is 0 Å². The van der Waals surface area contributed by atoms with E-state index in [-0.39, 0.29) is 11.4 Å². The van der Waals surface area contributed by atoms with E-state index in [0.717, 1.165) is 22.2 Å². The maximum absolute atomic E-state index is 12.7. The fourth-order valence-electron chi connectivity index (χ4n) is 3.20. The number of hydrogen-bond acceptors (Lipinski definition) is 7. The number of nitrogens with zero attached hydrogens (tertiary/aromatic N) is 1. The van der Waals surface area contributed by atoms with Crippen LogP contribution in [0.2, 0.25) is 0 Å². The molecule has 0 unspecified atom stereocenters. The third-order valence-corrected chi connectivity index (χ3v) is 5.72. The van der Waals surface area contributed by atoms with Gasteiger partial charge >= 0.3 is 5.97 Å². The molecular weight excluding hydrogens is 456 g/mol. The third-order valence-electron chi connectivity index (χ3n) is 4.81. The summed E-state index contributed by atoms with van der Waals surface area (Å²) in [7, 11) is 0. The van der Waals surface area contributed by atoms with Crippen LogP contribution in [-0.2, 0) is 14.3 Å². The van der Waals surface area contributed by atoms with Crippen LogP contribution >= 0.6 is 11.8 Å². The molecule has 1 aromatic heterocycles. The van der Waals surface area contributed by atoms with Crippen LogP contribution in [0.3, 0.4) is 0 Å². The van der Waals surface area contributed by atoms with Gasteiger partial charge in [-0.15, -0.1) is 0 Å². The SMILES string of the molecule is CCOC(=O)c1ccc(-c2ccc(C=C3SC(=O)N(CC(=O)Nc4ccccc4)C3=O)o2)cc1. The number of carbonyl (C=O) groups is 4. The average molecular weight is 477 g/mol. The van der Waals surface area contributed by atoms with Gasteiger partial charge in [-0.05, 0) is 55.1 Å². The molecule has 0 atom stereocenters. The number of thioether (sulfide) groups is 1. The van der Waals surface area contributed by atoms with Crippen molar-refractivity contribution in [2.45, 2.75) is 6.92 Å². The van der Waals surface area contributed by atoms with Crippen LogP contribution in [0.15, 0.2) is 76.1 Å². The maximum atomic E-state index is 12.7. The lowest BCUT2D eigenvalue weighted by Gasteiger charge is -2.12. The second-order valence-electron chi connectivity index (χ2n) is 7.18. The fourth-order valence-corrected chi connectivity index (χ4v) is 4.02. The Labute approximate surface area is 199 Å². The predicted molar refractivity (Wildman–Crippen MR) is 128 cm³/mol. The molecule has 4 rings (SSSR count). The van der Waals surface area contributed by atoms with E-state index in [4.69, 9.17) is 9.15 Å². The Morgan fingerprint density at radius 3 is 2.47 bits per heavy atom. The zero-order chi connectivity index (χ0) is 24.1. The lowest BCUT2D eigenvalue weighted by Crippen LogP contribution is -2.36. The summed E-state index contributed by atoms with van der Waals surface area (Å²) in [6.07, 6.45) is 1.47. The molecule has 34 heavy (non-hydrogen) atoms. The molecule has 3 aromatic rings. The molecule has 1 fully saturated rings. The third kappa shape index (κ3) is 5.26. The van der Waals surface area contributed by atoms with Crippen LogP contribution in [0.25, 0.3) is 17.4 Å². The molecule has 1 N–H and O–H groups in total. The number of nitrogens with one attached hydrogen (secondary N) is 1. The number of anilines is 1. The highest BCUT2D eigenvalue weighted by Gasteiger charge is 2.36. The summed E-state index contributed by atoms with van der Waals surface area (Å²) in [6, 6.07) is 18.9. The number of para-hydroxylation sites is 1. The van der Waals surface area contributed by atoms with E-state index in [1.807, 2.05) is 6.07 Å². The molecule has 1 saturated heterocycles. The highest BCUT2D eigenvalue weighted by Crippen LogP contribution is 2.33. The normalized spacial score (nSPS) is 14.5. The van der Waals surface area contributed by atoms with Crippen molar-refractivity contribution < 1.29 is 28.3 Å². The summed E-state index contributed by atoms with van der Waals surface area (Å²) in [5.41, 5.74) is 1.74. The number of carbonyl (C=O) groups excluding carboxylic acids is 4. The minimum atomic E-state index is -0.560. The van der Waals surface area contributed by atoms with Crippen LogP contribution in [0.1, 0.15) is 23.0 Å². The van der Waals surface area contributed by atoms with Crippen molar-refractivity contribution in [2.75, 3.05) is 18.5 Å². The van der Waals surface area contributed by atoms with Crippen molar-refractivity contribution in [3.8, 4) is 11.3 Å². The van der Waals surface area contributed by atoms with E-state index in [2.05, 4.69) is 5.32 Å². The lowest BCUT2D eigenvalue weighted by molar-refractivity contribution is -0.127. The maximum Gasteiger partial charge on any atom is 0.338 e. The lowest BCUT2D eigenvalue weighted by atomic mass is 10.1. The van der Waals surface area contributed by atoms with Crippen LogP contribution in [0, 0.1) is 0 Å². The Kier molecular flexibility index (Phi) is 6.93. The zero-order valence-corrected chi connectivity index (χ0v) is 19.0. The van der Waals surface area contributed by atoms with E-state index < -0.39 is 23.0 Å². The first-order valence-electron chi connectivity index (χ1n) is 10.4. The van der Waals surface area contributed by atoms with E-state index in [1.54, 1.807) is 67.6 Å². The Balaban J connectivity index is 1.42. The number of benzene rings is 2. The van der Waals surface area contributed by atoms with Gasteiger partial charge in [-0.25, -0.2) is 4.79 Å². The van der Waals surface area contributed by atoms with Crippen molar-refractivity contribution in [2.24, 2.45) is 0 Å². The zero-order valence-electron chi connectivity index (χ0n) is 18.1. The highest BCUT2D eigenvalue weighted by molar-refractivity contribution is 8.18. The molecule has 0 saturated carbocycles. The molecule has 172 valence electrons. The molecule has 1 aliphatic heterocycles. The highest BCUT2D eigenvalue weighted by atomic mass is 32.2. The van der Waals surface area contributed by atoms with Gasteiger partial charge in [0.15, 0.2) is 0 Å². The molecule has 0 spiro atoms. The Hall–Kier alpha value is -4.11. The van der Waals surface area contributed by atoms with Crippen molar-refractivity contribution >= 4 is 46.5 Å². The largest absolute Gasteiger partial charge is 0.462 e. The van der Waals surface area contributed by atoms with E-state index in [0.29, 0.717) is 29.4 Å². The van der Waals surface area contributed by atoms with Gasteiger partial charge in [-0.1, -0.05) is 30.3 Å². The van der Waals surface area contributed by atoms with Crippen molar-refractivity contribution in [3.05, 3.63) is 83.0 Å².